The Morgan fingerprint density at radius 3 is 1.93 bits per heavy atom. The molecular weight excluding hydrogens is 200 g/mol. The van der Waals surface area contributed by atoms with E-state index in [0.717, 1.165) is 0 Å². The lowest BCUT2D eigenvalue weighted by atomic mass is 9.74. The van der Waals surface area contributed by atoms with Crippen LogP contribution in [0, 0.1) is 5.41 Å². The first-order valence-electron chi connectivity index (χ1n) is 4.70. The Morgan fingerprint density at radius 2 is 1.67 bits per heavy atom. The highest BCUT2D eigenvalue weighted by Gasteiger charge is 2.46. The molecule has 0 aliphatic heterocycles. The fourth-order valence-corrected chi connectivity index (χ4v) is 1.07. The van der Waals surface area contributed by atoms with Crippen LogP contribution in [-0.4, -0.2) is 42.3 Å². The summed E-state index contributed by atoms with van der Waals surface area (Å²) in [5, 5.41) is 19.1. The predicted octanol–water partition coefficient (Wildman–Crippen LogP) is 0.857. The summed E-state index contributed by atoms with van der Waals surface area (Å²) in [5.74, 6) is -1.06. The first-order valence-corrected chi connectivity index (χ1v) is 4.70. The number of hydrogen-bond acceptors (Lipinski definition) is 4. The van der Waals surface area contributed by atoms with Crippen LogP contribution < -0.4 is 0 Å². The number of carboxylic acid groups (broad SMARTS) is 1. The van der Waals surface area contributed by atoms with Crippen molar-refractivity contribution in [1.29, 1.82) is 0 Å². The minimum Gasteiger partial charge on any atom is -0.481 e. The molecule has 0 aromatic heterocycles. The number of carboxylic acids is 1. The summed E-state index contributed by atoms with van der Waals surface area (Å²) in [6.45, 7) is 4.40. The van der Waals surface area contributed by atoms with Gasteiger partial charge in [0.15, 0.2) is 6.29 Å². The summed E-state index contributed by atoms with van der Waals surface area (Å²) < 4.78 is 9.87. The minimum absolute atomic E-state index is 0.0965. The first kappa shape index (κ1) is 14.3. The fraction of sp³-hybridized carbons (Fsp3) is 0.900. The minimum atomic E-state index is -1.41. The van der Waals surface area contributed by atoms with Gasteiger partial charge < -0.3 is 19.7 Å². The number of carbonyl (C=O) groups is 1. The Kier molecular flexibility index (Phi) is 4.70. The van der Waals surface area contributed by atoms with Crippen LogP contribution in [0.4, 0.5) is 0 Å². The van der Waals surface area contributed by atoms with Crippen molar-refractivity contribution in [2.75, 3.05) is 14.2 Å². The largest absolute Gasteiger partial charge is 0.481 e. The normalized spacial score (nSPS) is 16.5. The molecule has 90 valence electrons. The second-order valence-electron chi connectivity index (χ2n) is 4.31. The van der Waals surface area contributed by atoms with E-state index in [1.807, 2.05) is 0 Å². The van der Waals surface area contributed by atoms with Gasteiger partial charge in [0.2, 0.25) is 0 Å². The Balaban J connectivity index is 4.73. The van der Waals surface area contributed by atoms with Crippen LogP contribution in [0.1, 0.15) is 27.2 Å². The van der Waals surface area contributed by atoms with Crippen molar-refractivity contribution in [1.82, 2.24) is 0 Å². The Bertz CT molecular complexity index is 218. The molecule has 1 atom stereocenters. The highest BCUT2D eigenvalue weighted by molar-refractivity contribution is 5.75. The molecule has 5 heteroatoms. The van der Waals surface area contributed by atoms with Crippen LogP contribution in [0.25, 0.3) is 0 Å². The Hall–Kier alpha value is -0.650. The third kappa shape index (κ3) is 3.15. The van der Waals surface area contributed by atoms with Crippen LogP contribution in [0.3, 0.4) is 0 Å². The molecule has 0 rings (SSSR count). The molecule has 2 N–H and O–H groups in total. The van der Waals surface area contributed by atoms with Crippen LogP contribution in [0.2, 0.25) is 0 Å². The van der Waals surface area contributed by atoms with Crippen molar-refractivity contribution in [3.05, 3.63) is 0 Å². The van der Waals surface area contributed by atoms with Gasteiger partial charge in [-0.25, -0.2) is 0 Å². The van der Waals surface area contributed by atoms with Crippen molar-refractivity contribution in [2.45, 2.75) is 39.1 Å². The lowest BCUT2D eigenvalue weighted by Gasteiger charge is -2.38. The number of aliphatic hydroxyl groups is 1. The standard InChI is InChI=1S/C10H20O5/c1-9(2,8(11)12)10(3,13)6-7(14-4)15-5/h7,13H,6H2,1-5H3,(H,11,12). The second kappa shape index (κ2) is 4.92. The van der Waals surface area contributed by atoms with Gasteiger partial charge in [-0.3, -0.25) is 4.79 Å². The summed E-state index contributed by atoms with van der Waals surface area (Å²) in [5.41, 5.74) is -2.67. The van der Waals surface area contributed by atoms with Crippen molar-refractivity contribution in [2.24, 2.45) is 5.41 Å². The van der Waals surface area contributed by atoms with E-state index in [0.29, 0.717) is 0 Å². The highest BCUT2D eigenvalue weighted by Crippen LogP contribution is 2.35. The number of aliphatic carboxylic acids is 1. The predicted molar refractivity (Wildman–Crippen MR) is 54.5 cm³/mol. The average molecular weight is 220 g/mol. The van der Waals surface area contributed by atoms with Crippen molar-refractivity contribution >= 4 is 5.97 Å². The summed E-state index contributed by atoms with van der Waals surface area (Å²) >= 11 is 0. The van der Waals surface area contributed by atoms with Gasteiger partial charge in [0, 0.05) is 20.6 Å². The lowest BCUT2D eigenvalue weighted by molar-refractivity contribution is -0.183. The van der Waals surface area contributed by atoms with Crippen LogP contribution in [0.5, 0.6) is 0 Å². The van der Waals surface area contributed by atoms with Crippen molar-refractivity contribution in [3.63, 3.8) is 0 Å². The van der Waals surface area contributed by atoms with Gasteiger partial charge in [-0.05, 0) is 20.8 Å². The maximum absolute atomic E-state index is 11.0. The van der Waals surface area contributed by atoms with E-state index >= 15 is 0 Å². The zero-order valence-corrected chi connectivity index (χ0v) is 9.90. The molecule has 0 aromatic rings. The molecule has 5 nitrogen and oxygen atoms in total. The van der Waals surface area contributed by atoms with Gasteiger partial charge in [-0.2, -0.15) is 0 Å². The lowest BCUT2D eigenvalue weighted by Crippen LogP contribution is -2.49. The molecule has 0 saturated carbocycles. The molecule has 0 amide bonds. The van der Waals surface area contributed by atoms with Gasteiger partial charge in [0.05, 0.1) is 11.0 Å². The summed E-state index contributed by atoms with van der Waals surface area (Å²) in [6, 6.07) is 0. The smallest absolute Gasteiger partial charge is 0.311 e. The SMILES string of the molecule is COC(CC(C)(O)C(C)(C)C(=O)O)OC. The van der Waals surface area contributed by atoms with Gasteiger partial charge >= 0.3 is 5.97 Å². The Labute approximate surface area is 90.0 Å². The van der Waals surface area contributed by atoms with Crippen LogP contribution >= 0.6 is 0 Å². The van der Waals surface area contributed by atoms with Crippen molar-refractivity contribution < 1.29 is 24.5 Å². The average Bonchev–Trinajstić information content (AvgIpc) is 2.13. The van der Waals surface area contributed by atoms with Gasteiger partial charge in [-0.1, -0.05) is 0 Å². The second-order valence-corrected chi connectivity index (χ2v) is 4.31. The third-order valence-electron chi connectivity index (χ3n) is 2.97. The molecule has 0 fully saturated rings. The third-order valence-corrected chi connectivity index (χ3v) is 2.97. The van der Waals surface area contributed by atoms with E-state index in [4.69, 9.17) is 14.6 Å². The van der Waals surface area contributed by atoms with Crippen LogP contribution in [0.15, 0.2) is 0 Å². The maximum Gasteiger partial charge on any atom is 0.311 e. The molecule has 0 spiro atoms. The molecular formula is C10H20O5. The quantitative estimate of drug-likeness (QED) is 0.649. The molecule has 15 heavy (non-hydrogen) atoms. The topological polar surface area (TPSA) is 76.0 Å². The van der Waals surface area contributed by atoms with Gasteiger partial charge in [0.1, 0.15) is 0 Å². The maximum atomic E-state index is 11.0. The number of rotatable bonds is 6. The zero-order chi connectivity index (χ0) is 12.3. The molecule has 0 heterocycles. The van der Waals surface area contributed by atoms with E-state index in [-0.39, 0.29) is 6.42 Å². The summed E-state index contributed by atoms with van der Waals surface area (Å²) in [7, 11) is 2.88. The number of ether oxygens (including phenoxy) is 2. The number of methoxy groups -OCH3 is 2. The summed E-state index contributed by atoms with van der Waals surface area (Å²) in [4.78, 5) is 11.0. The summed E-state index contributed by atoms with van der Waals surface area (Å²) in [6.07, 6.45) is -0.516. The fourth-order valence-electron chi connectivity index (χ4n) is 1.07. The highest BCUT2D eigenvalue weighted by atomic mass is 16.7. The van der Waals surface area contributed by atoms with E-state index < -0.39 is 23.3 Å². The van der Waals surface area contributed by atoms with Gasteiger partial charge in [0.25, 0.3) is 0 Å². The first-order chi connectivity index (χ1) is 6.69. The van der Waals surface area contributed by atoms with Crippen LogP contribution in [-0.2, 0) is 14.3 Å². The van der Waals surface area contributed by atoms with Crippen molar-refractivity contribution in [3.8, 4) is 0 Å². The van der Waals surface area contributed by atoms with E-state index in [1.165, 1.54) is 35.0 Å². The molecule has 0 saturated heterocycles. The molecule has 1 unspecified atom stereocenters. The van der Waals surface area contributed by atoms with E-state index in [1.54, 1.807) is 0 Å². The molecule has 0 aliphatic carbocycles. The number of hydrogen-bond donors (Lipinski definition) is 2. The molecule has 0 bridgehead atoms. The monoisotopic (exact) mass is 220 g/mol. The van der Waals surface area contributed by atoms with E-state index in [9.17, 15) is 9.90 Å². The molecule has 0 radical (unpaired) electrons. The molecule has 0 aromatic carbocycles. The zero-order valence-electron chi connectivity index (χ0n) is 9.90. The van der Waals surface area contributed by atoms with Gasteiger partial charge in [-0.15, -0.1) is 0 Å². The van der Waals surface area contributed by atoms with E-state index in [2.05, 4.69) is 0 Å². The molecule has 0 aliphatic rings. The Morgan fingerprint density at radius 1 is 1.27 bits per heavy atom.